The maximum Gasteiger partial charge on any atom is 0.501 e. The second-order valence-corrected chi connectivity index (χ2v) is 14.7. The van der Waals surface area contributed by atoms with Gasteiger partial charge in [0.1, 0.15) is 11.5 Å². The van der Waals surface area contributed by atoms with Gasteiger partial charge < -0.3 is 36.0 Å². The Morgan fingerprint density at radius 1 is 0.500 bits per heavy atom. The predicted octanol–water partition coefficient (Wildman–Crippen LogP) is 6.55. The third-order valence-corrected chi connectivity index (χ3v) is 12.5. The summed E-state index contributed by atoms with van der Waals surface area (Å²) in [5, 5.41) is 0. The monoisotopic (exact) mass is 622 g/mol. The van der Waals surface area contributed by atoms with Crippen molar-refractivity contribution in [2.24, 2.45) is 0 Å². The molecule has 0 N–H and O–H groups in total. The van der Waals surface area contributed by atoms with Crippen LogP contribution in [0.1, 0.15) is 70.3 Å². The van der Waals surface area contributed by atoms with Crippen LogP contribution >= 0.6 is 0 Å². The molecule has 0 amide bonds. The molecule has 11 heteroatoms. The highest BCUT2D eigenvalue weighted by molar-refractivity contribution is 6.61. The lowest BCUT2D eigenvalue weighted by Crippen LogP contribution is -2.46. The van der Waals surface area contributed by atoms with E-state index in [9.17, 15) is 4.79 Å². The highest BCUT2D eigenvalue weighted by atomic mass is 28.4. The summed E-state index contributed by atoms with van der Waals surface area (Å²) in [6, 6.07) is 15.8. The third-order valence-electron chi connectivity index (χ3n) is 6.21. The van der Waals surface area contributed by atoms with Crippen LogP contribution in [0.15, 0.2) is 48.5 Å². The average molecular weight is 623 g/mol. The van der Waals surface area contributed by atoms with Crippen LogP contribution in [0.3, 0.4) is 0 Å². The van der Waals surface area contributed by atoms with Gasteiger partial charge in [-0.1, -0.05) is 0 Å². The smallest absolute Gasteiger partial charge is 0.494 e. The molecule has 9 nitrogen and oxygen atoms in total. The van der Waals surface area contributed by atoms with E-state index in [0.717, 1.165) is 12.8 Å². The number of ether oxygens (including phenoxy) is 2. The van der Waals surface area contributed by atoms with Gasteiger partial charge in [0.05, 0.1) is 13.2 Å². The van der Waals surface area contributed by atoms with Crippen LogP contribution in [0.2, 0.25) is 12.1 Å². The molecular formula is C31H50O9Si2. The third kappa shape index (κ3) is 11.9. The fraction of sp³-hybridized carbons (Fsp3) is 0.581. The fourth-order valence-corrected chi connectivity index (χ4v) is 9.69. The molecule has 0 fully saturated rings. The Balaban J connectivity index is 1.84. The first-order valence-corrected chi connectivity index (χ1v) is 19.1. The van der Waals surface area contributed by atoms with Gasteiger partial charge in [-0.05, 0) is 103 Å². The van der Waals surface area contributed by atoms with Crippen LogP contribution in [0, 0.1) is 0 Å². The van der Waals surface area contributed by atoms with Gasteiger partial charge in [0.15, 0.2) is 5.78 Å². The minimum atomic E-state index is -2.67. The van der Waals surface area contributed by atoms with Gasteiger partial charge in [0.25, 0.3) is 0 Å². The molecule has 0 spiro atoms. The Labute approximate surface area is 254 Å². The summed E-state index contributed by atoms with van der Waals surface area (Å²) < 4.78 is 47.2. The van der Waals surface area contributed by atoms with Crippen molar-refractivity contribution in [3.05, 3.63) is 59.7 Å². The number of ketones is 1. The maximum absolute atomic E-state index is 13.0. The zero-order valence-electron chi connectivity index (χ0n) is 26.3. The molecule has 0 aliphatic rings. The van der Waals surface area contributed by atoms with Gasteiger partial charge in [0.2, 0.25) is 0 Å². The summed E-state index contributed by atoms with van der Waals surface area (Å²) in [5.41, 5.74) is 1.19. The highest BCUT2D eigenvalue weighted by Gasteiger charge is 2.40. The predicted molar refractivity (Wildman–Crippen MR) is 167 cm³/mol. The number of benzene rings is 2. The Morgan fingerprint density at radius 3 is 1.05 bits per heavy atom. The van der Waals surface area contributed by atoms with E-state index < -0.39 is 17.6 Å². The van der Waals surface area contributed by atoms with E-state index in [-0.39, 0.29) is 5.78 Å². The van der Waals surface area contributed by atoms with E-state index in [2.05, 4.69) is 0 Å². The van der Waals surface area contributed by atoms with Crippen LogP contribution in [0.4, 0.5) is 0 Å². The number of carbonyl (C=O) groups excluding carboxylic acids is 1. The van der Waals surface area contributed by atoms with Crippen molar-refractivity contribution in [1.29, 1.82) is 0 Å². The second kappa shape index (κ2) is 20.0. The van der Waals surface area contributed by atoms with Crippen molar-refractivity contribution >= 4 is 23.4 Å². The Hall–Kier alpha value is -2.10. The van der Waals surface area contributed by atoms with Crippen molar-refractivity contribution < 1.29 is 40.8 Å². The first kappa shape index (κ1) is 36.1. The van der Waals surface area contributed by atoms with E-state index in [0.29, 0.717) is 87.6 Å². The summed E-state index contributed by atoms with van der Waals surface area (Å²) in [7, 11) is -5.35. The van der Waals surface area contributed by atoms with Crippen molar-refractivity contribution in [3.63, 3.8) is 0 Å². The van der Waals surface area contributed by atoms with Gasteiger partial charge in [-0.2, -0.15) is 0 Å². The summed E-state index contributed by atoms with van der Waals surface area (Å²) in [4.78, 5) is 13.0. The highest BCUT2D eigenvalue weighted by Crippen LogP contribution is 2.22. The summed E-state index contributed by atoms with van der Waals surface area (Å²) in [6.07, 6.45) is 1.49. The van der Waals surface area contributed by atoms with E-state index in [4.69, 9.17) is 36.0 Å². The Morgan fingerprint density at radius 2 is 0.786 bits per heavy atom. The van der Waals surface area contributed by atoms with Crippen molar-refractivity contribution in [2.75, 3.05) is 52.9 Å². The number of carbonyl (C=O) groups is 1. The molecule has 0 saturated heterocycles. The SMILES string of the molecule is CCO[Si](CCCOc1ccc(C(=O)c2ccc(OCCC[Si](OCC)(OCC)OCC)cc2)cc1)(OCC)OCC. The minimum absolute atomic E-state index is 0.0602. The Bertz CT molecular complexity index is 889. The van der Waals surface area contributed by atoms with Crippen LogP contribution in [-0.2, 0) is 26.6 Å². The molecule has 0 heterocycles. The van der Waals surface area contributed by atoms with Crippen LogP contribution in [0.25, 0.3) is 0 Å². The molecule has 0 aromatic heterocycles. The van der Waals surface area contributed by atoms with Gasteiger partial charge in [0, 0.05) is 62.9 Å². The molecule has 42 heavy (non-hydrogen) atoms. The van der Waals surface area contributed by atoms with Gasteiger partial charge in [-0.25, -0.2) is 0 Å². The largest absolute Gasteiger partial charge is 0.501 e. The molecule has 2 rings (SSSR count). The van der Waals surface area contributed by atoms with Crippen LogP contribution in [0.5, 0.6) is 11.5 Å². The second-order valence-electron chi connectivity index (χ2n) is 9.25. The van der Waals surface area contributed by atoms with E-state index in [1.165, 1.54) is 0 Å². The average Bonchev–Trinajstić information content (AvgIpc) is 2.99. The fourth-order valence-electron chi connectivity index (χ4n) is 4.53. The minimum Gasteiger partial charge on any atom is -0.494 e. The van der Waals surface area contributed by atoms with Gasteiger partial charge in [-0.15, -0.1) is 0 Å². The molecule has 0 atom stereocenters. The van der Waals surface area contributed by atoms with E-state index in [1.54, 1.807) is 24.3 Å². The Kier molecular flexibility index (Phi) is 17.2. The van der Waals surface area contributed by atoms with Crippen LogP contribution in [-0.4, -0.2) is 76.2 Å². The van der Waals surface area contributed by atoms with E-state index >= 15 is 0 Å². The van der Waals surface area contributed by atoms with Gasteiger partial charge >= 0.3 is 17.6 Å². The normalized spacial score (nSPS) is 12.0. The molecule has 0 saturated carbocycles. The lowest BCUT2D eigenvalue weighted by atomic mass is 10.0. The lowest BCUT2D eigenvalue weighted by molar-refractivity contribution is 0.0689. The van der Waals surface area contributed by atoms with Crippen LogP contribution < -0.4 is 9.47 Å². The molecule has 0 bridgehead atoms. The first-order chi connectivity index (χ1) is 20.4. The number of hydrogen-bond donors (Lipinski definition) is 0. The van der Waals surface area contributed by atoms with Crippen molar-refractivity contribution in [2.45, 2.75) is 66.5 Å². The van der Waals surface area contributed by atoms with Gasteiger partial charge in [-0.3, -0.25) is 4.79 Å². The molecule has 0 unspecified atom stereocenters. The number of rotatable bonds is 24. The standard InChI is InChI=1S/C31H50O9Si2/c1-7-35-41(36-8-2,37-9-3)25-13-23-33-29-19-15-27(16-20-29)31(32)28-17-21-30(22-18-28)34-24-14-26-42(38-10-4,39-11-5)40-12-6/h15-22H,7-14,23-26H2,1-6H3. The molecule has 0 radical (unpaired) electrons. The molecule has 2 aromatic rings. The zero-order chi connectivity index (χ0) is 30.7. The lowest BCUT2D eigenvalue weighted by Gasteiger charge is -2.28. The molecule has 0 aliphatic carbocycles. The zero-order valence-corrected chi connectivity index (χ0v) is 28.3. The number of hydrogen-bond acceptors (Lipinski definition) is 9. The summed E-state index contributed by atoms with van der Waals surface area (Å²) >= 11 is 0. The maximum atomic E-state index is 13.0. The summed E-state index contributed by atoms with van der Waals surface area (Å²) in [5.74, 6) is 1.35. The molecule has 236 valence electrons. The van der Waals surface area contributed by atoms with Crippen molar-refractivity contribution in [3.8, 4) is 11.5 Å². The van der Waals surface area contributed by atoms with Crippen molar-refractivity contribution in [1.82, 2.24) is 0 Å². The quantitative estimate of drug-likeness (QED) is 0.0734. The van der Waals surface area contributed by atoms with E-state index in [1.807, 2.05) is 65.8 Å². The summed E-state index contributed by atoms with van der Waals surface area (Å²) in [6.45, 7) is 16.0. The molecular weight excluding hydrogens is 573 g/mol. The molecule has 2 aromatic carbocycles. The first-order valence-electron chi connectivity index (χ1n) is 15.2. The topological polar surface area (TPSA) is 90.9 Å². The molecule has 0 aliphatic heterocycles.